The predicted octanol–water partition coefficient (Wildman–Crippen LogP) is 4.88. The van der Waals surface area contributed by atoms with E-state index in [9.17, 15) is 0 Å². The Morgan fingerprint density at radius 3 is 2.61 bits per heavy atom. The van der Waals surface area contributed by atoms with Gasteiger partial charge in [-0.2, -0.15) is 0 Å². The van der Waals surface area contributed by atoms with Gasteiger partial charge in [-0.1, -0.05) is 49.9 Å². The Kier molecular flexibility index (Phi) is 5.08. The van der Waals surface area contributed by atoms with E-state index >= 15 is 0 Å². The van der Waals surface area contributed by atoms with Crippen LogP contribution in [-0.2, 0) is 0 Å². The van der Waals surface area contributed by atoms with Gasteiger partial charge in [0.25, 0.3) is 0 Å². The zero-order valence-corrected chi connectivity index (χ0v) is 12.3. The third-order valence-corrected chi connectivity index (χ3v) is 4.51. The topological polar surface area (TPSA) is 12.0 Å². The molecule has 1 unspecified atom stereocenters. The molecule has 0 radical (unpaired) electrons. The Morgan fingerprint density at radius 1 is 1.28 bits per heavy atom. The minimum absolute atomic E-state index is 0.506. The van der Waals surface area contributed by atoms with E-state index in [1.54, 1.807) is 0 Å². The third-order valence-electron chi connectivity index (χ3n) is 4.09. The van der Waals surface area contributed by atoms with Gasteiger partial charge in [0.15, 0.2) is 0 Å². The number of benzene rings is 1. The molecule has 0 amide bonds. The molecule has 1 aromatic carbocycles. The standard InChI is InChI=1S/C16H24ClN/c1-3-18-16(13-7-5-4-6-8-13)14-9-10-15(17)12(2)11-14/h9-11,13,16,18H,3-8H2,1-2H3. The molecule has 0 spiro atoms. The van der Waals surface area contributed by atoms with E-state index < -0.39 is 0 Å². The summed E-state index contributed by atoms with van der Waals surface area (Å²) in [5, 5.41) is 4.55. The molecule has 100 valence electrons. The van der Waals surface area contributed by atoms with E-state index in [0.717, 1.165) is 17.5 Å². The Bertz CT molecular complexity index is 383. The van der Waals surface area contributed by atoms with Gasteiger partial charge < -0.3 is 5.32 Å². The number of rotatable bonds is 4. The highest BCUT2D eigenvalue weighted by Crippen LogP contribution is 2.35. The van der Waals surface area contributed by atoms with Crippen molar-refractivity contribution in [2.75, 3.05) is 6.54 Å². The third kappa shape index (κ3) is 3.27. The summed E-state index contributed by atoms with van der Waals surface area (Å²) in [5.74, 6) is 0.791. The fourth-order valence-electron chi connectivity index (χ4n) is 3.11. The molecule has 0 aromatic heterocycles. The molecule has 0 bridgehead atoms. The fraction of sp³-hybridized carbons (Fsp3) is 0.625. The Labute approximate surface area is 116 Å². The second-order valence-corrected chi connectivity index (χ2v) is 5.85. The van der Waals surface area contributed by atoms with Crippen molar-refractivity contribution in [2.45, 2.75) is 52.0 Å². The maximum absolute atomic E-state index is 6.13. The van der Waals surface area contributed by atoms with E-state index in [1.165, 1.54) is 43.2 Å². The maximum Gasteiger partial charge on any atom is 0.0435 e. The molecule has 1 N–H and O–H groups in total. The molecule has 1 aromatic rings. The summed E-state index contributed by atoms with van der Waals surface area (Å²) in [6, 6.07) is 6.99. The van der Waals surface area contributed by atoms with Crippen molar-refractivity contribution in [3.63, 3.8) is 0 Å². The zero-order valence-electron chi connectivity index (χ0n) is 11.5. The summed E-state index contributed by atoms with van der Waals surface area (Å²) < 4.78 is 0. The summed E-state index contributed by atoms with van der Waals surface area (Å²) in [6.45, 7) is 5.32. The fourth-order valence-corrected chi connectivity index (χ4v) is 3.22. The zero-order chi connectivity index (χ0) is 13.0. The van der Waals surface area contributed by atoms with Crippen molar-refractivity contribution in [2.24, 2.45) is 5.92 Å². The van der Waals surface area contributed by atoms with Gasteiger partial charge in [0.2, 0.25) is 0 Å². The number of hydrogen-bond acceptors (Lipinski definition) is 1. The van der Waals surface area contributed by atoms with E-state index in [4.69, 9.17) is 11.6 Å². The second-order valence-electron chi connectivity index (χ2n) is 5.44. The van der Waals surface area contributed by atoms with E-state index in [2.05, 4.69) is 31.3 Å². The van der Waals surface area contributed by atoms with Gasteiger partial charge >= 0.3 is 0 Å². The molecule has 0 aliphatic heterocycles. The van der Waals surface area contributed by atoms with Crippen molar-refractivity contribution in [1.82, 2.24) is 5.32 Å². The molecule has 1 atom stereocenters. The first-order valence-electron chi connectivity index (χ1n) is 7.21. The summed E-state index contributed by atoms with van der Waals surface area (Å²) >= 11 is 6.13. The Hall–Kier alpha value is -0.530. The van der Waals surface area contributed by atoms with E-state index in [-0.39, 0.29) is 0 Å². The van der Waals surface area contributed by atoms with Gasteiger partial charge in [-0.3, -0.25) is 0 Å². The Balaban J connectivity index is 2.19. The molecule has 0 saturated heterocycles. The van der Waals surface area contributed by atoms with Gasteiger partial charge in [0.1, 0.15) is 0 Å². The van der Waals surface area contributed by atoms with E-state index in [0.29, 0.717) is 6.04 Å². The molecule has 18 heavy (non-hydrogen) atoms. The number of nitrogens with one attached hydrogen (secondary N) is 1. The van der Waals surface area contributed by atoms with Gasteiger partial charge in [-0.05, 0) is 49.4 Å². The number of hydrogen-bond donors (Lipinski definition) is 1. The molecule has 1 fully saturated rings. The van der Waals surface area contributed by atoms with Crippen molar-refractivity contribution >= 4 is 11.6 Å². The molecule has 1 aliphatic carbocycles. The van der Waals surface area contributed by atoms with Crippen LogP contribution in [0.15, 0.2) is 18.2 Å². The van der Waals surface area contributed by atoms with Crippen LogP contribution in [0.5, 0.6) is 0 Å². The molecule has 0 heterocycles. The highest BCUT2D eigenvalue weighted by molar-refractivity contribution is 6.31. The van der Waals surface area contributed by atoms with Crippen molar-refractivity contribution in [3.8, 4) is 0 Å². The smallest absolute Gasteiger partial charge is 0.0435 e. The molecule has 1 saturated carbocycles. The monoisotopic (exact) mass is 265 g/mol. The van der Waals surface area contributed by atoms with Crippen LogP contribution in [0.2, 0.25) is 5.02 Å². The molecule has 1 nitrogen and oxygen atoms in total. The summed E-state index contributed by atoms with van der Waals surface area (Å²) in [7, 11) is 0. The average Bonchev–Trinajstić information content (AvgIpc) is 2.40. The number of halogens is 1. The SMILES string of the molecule is CCNC(c1ccc(Cl)c(C)c1)C1CCCCC1. The van der Waals surface area contributed by atoms with Crippen LogP contribution in [0.25, 0.3) is 0 Å². The highest BCUT2D eigenvalue weighted by atomic mass is 35.5. The molecule has 2 heteroatoms. The lowest BCUT2D eigenvalue weighted by Crippen LogP contribution is -2.29. The van der Waals surface area contributed by atoms with Gasteiger partial charge in [0.05, 0.1) is 0 Å². The molecular formula is C16H24ClN. The van der Waals surface area contributed by atoms with Crippen LogP contribution in [0.1, 0.15) is 56.2 Å². The lowest BCUT2D eigenvalue weighted by molar-refractivity contribution is 0.274. The van der Waals surface area contributed by atoms with Gasteiger partial charge in [-0.15, -0.1) is 0 Å². The first kappa shape index (κ1) is 13.9. The largest absolute Gasteiger partial charge is 0.310 e. The van der Waals surface area contributed by atoms with Crippen molar-refractivity contribution in [3.05, 3.63) is 34.3 Å². The second kappa shape index (κ2) is 6.58. The first-order chi connectivity index (χ1) is 8.72. The minimum Gasteiger partial charge on any atom is -0.310 e. The maximum atomic E-state index is 6.13. The first-order valence-corrected chi connectivity index (χ1v) is 7.59. The van der Waals surface area contributed by atoms with Gasteiger partial charge in [-0.25, -0.2) is 0 Å². The highest BCUT2D eigenvalue weighted by Gasteiger charge is 2.24. The van der Waals surface area contributed by atoms with Crippen LogP contribution < -0.4 is 5.32 Å². The van der Waals surface area contributed by atoms with Crippen molar-refractivity contribution in [1.29, 1.82) is 0 Å². The van der Waals surface area contributed by atoms with Crippen LogP contribution in [0.4, 0.5) is 0 Å². The quantitative estimate of drug-likeness (QED) is 0.818. The predicted molar refractivity (Wildman–Crippen MR) is 79.2 cm³/mol. The minimum atomic E-state index is 0.506. The lowest BCUT2D eigenvalue weighted by Gasteiger charge is -2.31. The van der Waals surface area contributed by atoms with Crippen molar-refractivity contribution < 1.29 is 0 Å². The molecular weight excluding hydrogens is 242 g/mol. The normalized spacial score (nSPS) is 18.8. The van der Waals surface area contributed by atoms with Gasteiger partial charge in [0, 0.05) is 11.1 Å². The average molecular weight is 266 g/mol. The van der Waals surface area contributed by atoms with Crippen LogP contribution in [0.3, 0.4) is 0 Å². The van der Waals surface area contributed by atoms with E-state index in [1.807, 2.05) is 6.07 Å². The summed E-state index contributed by atoms with van der Waals surface area (Å²) in [6.07, 6.45) is 6.91. The lowest BCUT2D eigenvalue weighted by atomic mass is 9.81. The van der Waals surface area contributed by atoms with Crippen LogP contribution in [0, 0.1) is 12.8 Å². The van der Waals surface area contributed by atoms with Crippen LogP contribution in [-0.4, -0.2) is 6.54 Å². The van der Waals surface area contributed by atoms with Crippen LogP contribution >= 0.6 is 11.6 Å². The molecule has 2 rings (SSSR count). The Morgan fingerprint density at radius 2 is 2.00 bits per heavy atom. The molecule has 1 aliphatic rings. The summed E-state index contributed by atoms with van der Waals surface area (Å²) in [5.41, 5.74) is 2.60. The number of aryl methyl sites for hydroxylation is 1. The summed E-state index contributed by atoms with van der Waals surface area (Å²) in [4.78, 5) is 0.